The Labute approximate surface area is 164 Å². The minimum atomic E-state index is -0.435. The third kappa shape index (κ3) is 2.98. The molecule has 0 aliphatic rings. The van der Waals surface area contributed by atoms with Gasteiger partial charge in [0.15, 0.2) is 5.69 Å². The molecule has 0 fully saturated rings. The second kappa shape index (κ2) is 6.79. The normalized spacial score (nSPS) is 11.1. The van der Waals surface area contributed by atoms with Gasteiger partial charge in [-0.15, -0.1) is 0 Å². The molecule has 0 saturated carbocycles. The van der Waals surface area contributed by atoms with Gasteiger partial charge in [0.25, 0.3) is 0 Å². The zero-order valence-corrected chi connectivity index (χ0v) is 15.1. The first-order chi connectivity index (χ1) is 14.2. The van der Waals surface area contributed by atoms with E-state index in [-0.39, 0.29) is 16.8 Å². The van der Waals surface area contributed by atoms with E-state index in [1.807, 2.05) is 30.3 Å². The third-order valence-corrected chi connectivity index (χ3v) is 4.63. The standard InChI is InChI=1S/C22H14FN5O/c23-17-5-1-2-6-19(17)28-20(9-12-25-28)22-21(29)10-13-27(26-22)16-7-8-18-15(14-16)4-3-11-24-18/h1-14H. The van der Waals surface area contributed by atoms with E-state index in [1.54, 1.807) is 41.3 Å². The Bertz CT molecular complexity index is 1410. The van der Waals surface area contributed by atoms with Crippen molar-refractivity contribution in [3.05, 3.63) is 101 Å². The molecule has 0 aliphatic heterocycles. The average molecular weight is 383 g/mol. The number of hydrogen-bond donors (Lipinski definition) is 0. The van der Waals surface area contributed by atoms with Gasteiger partial charge in [0, 0.05) is 23.8 Å². The molecule has 5 aromatic rings. The smallest absolute Gasteiger partial charge is 0.209 e. The maximum Gasteiger partial charge on any atom is 0.209 e. The van der Waals surface area contributed by atoms with Crippen LogP contribution in [0, 0.1) is 5.82 Å². The van der Waals surface area contributed by atoms with Crippen LogP contribution in [0.4, 0.5) is 4.39 Å². The predicted octanol–water partition coefficient (Wildman–Crippen LogP) is 3.77. The van der Waals surface area contributed by atoms with E-state index < -0.39 is 5.82 Å². The lowest BCUT2D eigenvalue weighted by Gasteiger charge is -2.10. The molecule has 0 radical (unpaired) electrons. The van der Waals surface area contributed by atoms with Crippen LogP contribution in [0.5, 0.6) is 0 Å². The van der Waals surface area contributed by atoms with Crippen molar-refractivity contribution >= 4 is 10.9 Å². The molecule has 3 aromatic heterocycles. The molecule has 0 unspecified atom stereocenters. The zero-order valence-electron chi connectivity index (χ0n) is 15.1. The van der Waals surface area contributed by atoms with Gasteiger partial charge in [-0.2, -0.15) is 10.2 Å². The van der Waals surface area contributed by atoms with E-state index in [4.69, 9.17) is 0 Å². The SMILES string of the molecule is O=c1ccn(-c2ccc3ncccc3c2)nc1-c1ccnn1-c1ccccc1F. The number of rotatable bonds is 3. The number of fused-ring (bicyclic) bond motifs is 1. The van der Waals surface area contributed by atoms with Crippen molar-refractivity contribution in [2.75, 3.05) is 0 Å². The largest absolute Gasteiger partial charge is 0.287 e. The van der Waals surface area contributed by atoms with E-state index >= 15 is 0 Å². The summed E-state index contributed by atoms with van der Waals surface area (Å²) in [6, 6.07) is 18.9. The highest BCUT2D eigenvalue weighted by Gasteiger charge is 2.15. The van der Waals surface area contributed by atoms with Crippen molar-refractivity contribution in [2.45, 2.75) is 0 Å². The number of halogens is 1. The van der Waals surface area contributed by atoms with Crippen LogP contribution < -0.4 is 5.43 Å². The Balaban J connectivity index is 1.66. The van der Waals surface area contributed by atoms with Gasteiger partial charge in [-0.3, -0.25) is 9.78 Å². The lowest BCUT2D eigenvalue weighted by atomic mass is 10.2. The molecule has 0 atom stereocenters. The van der Waals surface area contributed by atoms with Gasteiger partial charge in [0.1, 0.15) is 11.5 Å². The highest BCUT2D eigenvalue weighted by molar-refractivity contribution is 5.80. The van der Waals surface area contributed by atoms with E-state index in [0.717, 1.165) is 16.6 Å². The molecule has 0 N–H and O–H groups in total. The average Bonchev–Trinajstić information content (AvgIpc) is 3.23. The fraction of sp³-hybridized carbons (Fsp3) is 0. The molecular weight excluding hydrogens is 369 g/mol. The highest BCUT2D eigenvalue weighted by atomic mass is 19.1. The first-order valence-electron chi connectivity index (χ1n) is 8.95. The second-order valence-corrected chi connectivity index (χ2v) is 6.43. The summed E-state index contributed by atoms with van der Waals surface area (Å²) in [7, 11) is 0. The lowest BCUT2D eigenvalue weighted by molar-refractivity contribution is 0.611. The van der Waals surface area contributed by atoms with E-state index in [1.165, 1.54) is 23.0 Å². The van der Waals surface area contributed by atoms with Crippen LogP contribution in [0.2, 0.25) is 0 Å². The Morgan fingerprint density at radius 3 is 2.69 bits per heavy atom. The van der Waals surface area contributed by atoms with Crippen LogP contribution in [0.3, 0.4) is 0 Å². The molecule has 0 saturated heterocycles. The molecule has 7 heteroatoms. The summed E-state index contributed by atoms with van der Waals surface area (Å²) in [6.45, 7) is 0. The molecule has 0 spiro atoms. The van der Waals surface area contributed by atoms with Gasteiger partial charge in [-0.25, -0.2) is 13.8 Å². The molecule has 0 aliphatic carbocycles. The Kier molecular flexibility index (Phi) is 3.98. The molecule has 6 nitrogen and oxygen atoms in total. The quantitative estimate of drug-likeness (QED) is 0.476. The fourth-order valence-corrected chi connectivity index (χ4v) is 3.23. The number of nitrogens with zero attached hydrogens (tertiary/aromatic N) is 5. The van der Waals surface area contributed by atoms with Crippen LogP contribution in [0.15, 0.2) is 90.1 Å². The first kappa shape index (κ1) is 17.0. The van der Waals surface area contributed by atoms with Gasteiger partial charge in [0.05, 0.1) is 23.1 Å². The van der Waals surface area contributed by atoms with Gasteiger partial charge in [-0.1, -0.05) is 18.2 Å². The zero-order chi connectivity index (χ0) is 19.8. The minimum absolute atomic E-state index is 0.180. The molecule has 29 heavy (non-hydrogen) atoms. The van der Waals surface area contributed by atoms with E-state index in [0.29, 0.717) is 5.69 Å². The topological polar surface area (TPSA) is 65.6 Å². The highest BCUT2D eigenvalue weighted by Crippen LogP contribution is 2.21. The van der Waals surface area contributed by atoms with Crippen molar-refractivity contribution < 1.29 is 4.39 Å². The van der Waals surface area contributed by atoms with Crippen LogP contribution in [-0.4, -0.2) is 24.5 Å². The summed E-state index contributed by atoms with van der Waals surface area (Å²) in [5.74, 6) is -0.435. The molecule has 0 amide bonds. The number of benzene rings is 2. The van der Waals surface area contributed by atoms with Crippen molar-refractivity contribution in [1.82, 2.24) is 24.5 Å². The van der Waals surface area contributed by atoms with Gasteiger partial charge in [-0.05, 0) is 42.5 Å². The number of para-hydroxylation sites is 1. The van der Waals surface area contributed by atoms with Crippen LogP contribution in [-0.2, 0) is 0 Å². The van der Waals surface area contributed by atoms with Crippen molar-refractivity contribution in [3.63, 3.8) is 0 Å². The number of hydrogen-bond acceptors (Lipinski definition) is 4. The third-order valence-electron chi connectivity index (χ3n) is 4.63. The van der Waals surface area contributed by atoms with Crippen LogP contribution in [0.1, 0.15) is 0 Å². The van der Waals surface area contributed by atoms with Crippen molar-refractivity contribution in [1.29, 1.82) is 0 Å². The van der Waals surface area contributed by atoms with Crippen molar-refractivity contribution in [2.24, 2.45) is 0 Å². The monoisotopic (exact) mass is 383 g/mol. The Morgan fingerprint density at radius 2 is 1.79 bits per heavy atom. The number of aromatic nitrogens is 5. The summed E-state index contributed by atoms with van der Waals surface area (Å²) in [5.41, 5.74) is 2.22. The maximum absolute atomic E-state index is 14.3. The predicted molar refractivity (Wildman–Crippen MR) is 108 cm³/mol. The Hall–Kier alpha value is -4.13. The minimum Gasteiger partial charge on any atom is -0.287 e. The van der Waals surface area contributed by atoms with Crippen molar-refractivity contribution in [3.8, 4) is 22.8 Å². The van der Waals surface area contributed by atoms with E-state index in [9.17, 15) is 9.18 Å². The fourth-order valence-electron chi connectivity index (χ4n) is 3.23. The summed E-state index contributed by atoms with van der Waals surface area (Å²) < 4.78 is 17.3. The molecule has 2 aromatic carbocycles. The van der Waals surface area contributed by atoms with Gasteiger partial charge >= 0.3 is 0 Å². The van der Waals surface area contributed by atoms with Crippen LogP contribution in [0.25, 0.3) is 33.7 Å². The summed E-state index contributed by atoms with van der Waals surface area (Å²) >= 11 is 0. The summed E-state index contributed by atoms with van der Waals surface area (Å²) in [6.07, 6.45) is 4.86. The summed E-state index contributed by atoms with van der Waals surface area (Å²) in [4.78, 5) is 16.9. The Morgan fingerprint density at radius 1 is 0.897 bits per heavy atom. The van der Waals surface area contributed by atoms with Gasteiger partial charge in [0.2, 0.25) is 5.43 Å². The van der Waals surface area contributed by atoms with Gasteiger partial charge < -0.3 is 0 Å². The maximum atomic E-state index is 14.3. The molecular formula is C22H14FN5O. The molecule has 5 rings (SSSR count). The van der Waals surface area contributed by atoms with E-state index in [2.05, 4.69) is 15.2 Å². The van der Waals surface area contributed by atoms with Crippen LogP contribution >= 0.6 is 0 Å². The lowest BCUT2D eigenvalue weighted by Crippen LogP contribution is -2.15. The molecule has 140 valence electrons. The number of pyridine rings is 1. The molecule has 3 heterocycles. The second-order valence-electron chi connectivity index (χ2n) is 6.43. The first-order valence-corrected chi connectivity index (χ1v) is 8.95. The summed E-state index contributed by atoms with van der Waals surface area (Å²) in [5, 5.41) is 9.66. The molecule has 0 bridgehead atoms.